The molecule has 1 fully saturated rings. The van der Waals surface area contributed by atoms with Crippen molar-refractivity contribution in [3.8, 4) is 17.1 Å². The molecule has 1 saturated heterocycles. The summed E-state index contributed by atoms with van der Waals surface area (Å²) in [6, 6.07) is 28.5. The molecule has 0 bridgehead atoms. The first-order valence-electron chi connectivity index (χ1n) is 15.3. The molecule has 2 aromatic heterocycles. The number of ether oxygens (including phenoxy) is 2. The minimum Gasteiger partial charge on any atom is -0.534 e. The van der Waals surface area contributed by atoms with Gasteiger partial charge in [0.2, 0.25) is 0 Å². The molecule has 0 amide bonds. The topological polar surface area (TPSA) is 108 Å². The number of carbonyl (C=O) groups excluding carboxylic acids is 1. The highest BCUT2D eigenvalue weighted by Crippen LogP contribution is 2.38. The molecule has 1 aliphatic heterocycles. The summed E-state index contributed by atoms with van der Waals surface area (Å²) in [5.74, 6) is 0.579. The Labute approximate surface area is 263 Å². The number of hydrogen-bond acceptors (Lipinski definition) is 7. The van der Waals surface area contributed by atoms with Crippen LogP contribution in [0.15, 0.2) is 89.7 Å². The predicted octanol–water partition coefficient (Wildman–Crippen LogP) is 4.94. The Kier molecular flexibility index (Phi) is 8.43. The van der Waals surface area contributed by atoms with Crippen LogP contribution in [0.4, 0.5) is 0 Å². The average molecular weight is 623 g/mol. The Bertz CT molecular complexity index is 1820. The summed E-state index contributed by atoms with van der Waals surface area (Å²) in [7, 11) is -1.60. The Morgan fingerprint density at radius 3 is 2.20 bits per heavy atom. The van der Waals surface area contributed by atoms with Gasteiger partial charge in [-0.05, 0) is 46.3 Å². The summed E-state index contributed by atoms with van der Waals surface area (Å²) in [6.07, 6.45) is 1.70. The molecule has 232 valence electrons. The molecule has 0 aliphatic carbocycles. The van der Waals surface area contributed by atoms with E-state index < -0.39 is 14.3 Å². The third kappa shape index (κ3) is 5.83. The lowest BCUT2D eigenvalue weighted by molar-refractivity contribution is 0.0596. The standard InChI is InChI=1S/C35H38N4O5Si/c1-35(2,3)45(27-14-7-5-8-15-27,28-16-9-6-10-17-28)44-26-13-11-12-25(22-26)31-36-30(33(40)42-4)29-32(38-31)39(34(41)37-29)23-24-18-20-43-21-19-24/h5-17,22,24H,18-21,23H2,1-4H3,(H,37,41). The van der Waals surface area contributed by atoms with E-state index in [9.17, 15) is 9.59 Å². The molecule has 0 spiro atoms. The number of imidazole rings is 1. The van der Waals surface area contributed by atoms with Crippen LogP contribution in [0.25, 0.3) is 22.6 Å². The Morgan fingerprint density at radius 1 is 0.956 bits per heavy atom. The van der Waals surface area contributed by atoms with Gasteiger partial charge in [-0.2, -0.15) is 0 Å². The fraction of sp³-hybridized carbons (Fsp3) is 0.314. The van der Waals surface area contributed by atoms with Gasteiger partial charge in [0, 0.05) is 25.3 Å². The minimum atomic E-state index is -2.90. The van der Waals surface area contributed by atoms with Gasteiger partial charge in [0.05, 0.1) is 7.11 Å². The average Bonchev–Trinajstić information content (AvgIpc) is 3.37. The first kappa shape index (κ1) is 30.5. The fourth-order valence-corrected chi connectivity index (χ4v) is 10.7. The molecule has 0 saturated carbocycles. The van der Waals surface area contributed by atoms with E-state index in [2.05, 4.69) is 79.3 Å². The van der Waals surface area contributed by atoms with Crippen LogP contribution < -0.4 is 20.5 Å². The van der Waals surface area contributed by atoms with Crippen molar-refractivity contribution in [2.45, 2.75) is 45.2 Å². The molecule has 0 radical (unpaired) electrons. The molecule has 45 heavy (non-hydrogen) atoms. The first-order chi connectivity index (χ1) is 21.7. The van der Waals surface area contributed by atoms with Crippen molar-refractivity contribution in [3.63, 3.8) is 0 Å². The van der Waals surface area contributed by atoms with Crippen molar-refractivity contribution in [2.24, 2.45) is 5.92 Å². The van der Waals surface area contributed by atoms with Crippen LogP contribution in [0.3, 0.4) is 0 Å². The molecule has 9 nitrogen and oxygen atoms in total. The van der Waals surface area contributed by atoms with Crippen molar-refractivity contribution >= 4 is 35.8 Å². The lowest BCUT2D eigenvalue weighted by Gasteiger charge is -2.43. The zero-order chi connectivity index (χ0) is 31.6. The Balaban J connectivity index is 1.48. The summed E-state index contributed by atoms with van der Waals surface area (Å²) >= 11 is 0. The summed E-state index contributed by atoms with van der Waals surface area (Å²) < 4.78 is 19.4. The molecule has 0 atom stereocenters. The SMILES string of the molecule is COC(=O)c1nc(-c2cccc(O[Si](c3ccccc3)(c3ccccc3)C(C)(C)C)c2)nc2c1[nH]c(=O)n2CC1CCOCC1. The largest absolute Gasteiger partial charge is 0.534 e. The van der Waals surface area contributed by atoms with E-state index in [1.165, 1.54) is 7.11 Å². The van der Waals surface area contributed by atoms with Crippen LogP contribution in [-0.2, 0) is 16.0 Å². The Morgan fingerprint density at radius 2 is 1.60 bits per heavy atom. The van der Waals surface area contributed by atoms with Gasteiger partial charge in [0.1, 0.15) is 11.3 Å². The normalized spacial score (nSPS) is 14.4. The molecule has 3 aromatic carbocycles. The van der Waals surface area contributed by atoms with Crippen LogP contribution in [0.1, 0.15) is 44.1 Å². The van der Waals surface area contributed by atoms with Gasteiger partial charge >= 0.3 is 20.0 Å². The van der Waals surface area contributed by atoms with E-state index >= 15 is 0 Å². The molecule has 10 heteroatoms. The number of rotatable bonds is 8. The van der Waals surface area contributed by atoms with Crippen LogP contribution in [0, 0.1) is 5.92 Å². The van der Waals surface area contributed by atoms with Gasteiger partial charge in [-0.25, -0.2) is 19.6 Å². The number of benzene rings is 3. The molecule has 5 aromatic rings. The number of esters is 1. The number of H-pyrrole nitrogens is 1. The molecule has 6 rings (SSSR count). The molecule has 0 unspecified atom stereocenters. The van der Waals surface area contributed by atoms with E-state index in [1.54, 1.807) is 4.57 Å². The zero-order valence-electron chi connectivity index (χ0n) is 26.1. The maximum Gasteiger partial charge on any atom is 0.359 e. The molecule has 1 aliphatic rings. The second-order valence-electron chi connectivity index (χ2n) is 12.5. The van der Waals surface area contributed by atoms with Crippen LogP contribution in [0.2, 0.25) is 5.04 Å². The number of nitrogens with zero attached hydrogens (tertiary/aromatic N) is 3. The lowest BCUT2D eigenvalue weighted by Crippen LogP contribution is -2.68. The lowest BCUT2D eigenvalue weighted by atomic mass is 10.0. The van der Waals surface area contributed by atoms with Crippen molar-refractivity contribution in [2.75, 3.05) is 20.3 Å². The maximum absolute atomic E-state index is 13.1. The van der Waals surface area contributed by atoms with Crippen LogP contribution in [0.5, 0.6) is 5.75 Å². The van der Waals surface area contributed by atoms with Gasteiger partial charge in [0.15, 0.2) is 17.2 Å². The quantitative estimate of drug-likeness (QED) is 0.193. The summed E-state index contributed by atoms with van der Waals surface area (Å²) in [5, 5.41) is 2.08. The highest BCUT2D eigenvalue weighted by atomic mass is 28.4. The van der Waals surface area contributed by atoms with E-state index in [4.69, 9.17) is 18.9 Å². The summed E-state index contributed by atoms with van der Waals surface area (Å²) in [4.78, 5) is 38.3. The summed E-state index contributed by atoms with van der Waals surface area (Å²) in [6.45, 7) is 8.47. The highest BCUT2D eigenvalue weighted by molar-refractivity contribution is 7.00. The van der Waals surface area contributed by atoms with Gasteiger partial charge in [-0.15, -0.1) is 0 Å². The van der Waals surface area contributed by atoms with Crippen molar-refractivity contribution in [1.29, 1.82) is 0 Å². The number of hydrogen-bond donors (Lipinski definition) is 1. The second-order valence-corrected chi connectivity index (χ2v) is 16.7. The van der Waals surface area contributed by atoms with E-state index in [-0.39, 0.29) is 27.9 Å². The molecular weight excluding hydrogens is 584 g/mol. The van der Waals surface area contributed by atoms with Gasteiger partial charge in [0.25, 0.3) is 0 Å². The van der Waals surface area contributed by atoms with Crippen LogP contribution in [-0.4, -0.2) is 54.1 Å². The van der Waals surface area contributed by atoms with Crippen molar-refractivity contribution in [1.82, 2.24) is 19.5 Å². The second kappa shape index (κ2) is 12.5. The predicted molar refractivity (Wildman–Crippen MR) is 177 cm³/mol. The van der Waals surface area contributed by atoms with E-state index in [0.717, 1.165) is 23.2 Å². The Hall–Kier alpha value is -4.54. The number of aromatic amines is 1. The smallest absolute Gasteiger partial charge is 0.359 e. The fourth-order valence-electron chi connectivity index (χ4n) is 6.28. The third-order valence-electron chi connectivity index (χ3n) is 8.56. The van der Waals surface area contributed by atoms with Crippen molar-refractivity contribution in [3.05, 3.63) is 101 Å². The first-order valence-corrected chi connectivity index (χ1v) is 17.2. The van der Waals surface area contributed by atoms with E-state index in [0.29, 0.717) is 42.5 Å². The van der Waals surface area contributed by atoms with Crippen molar-refractivity contribution < 1.29 is 18.7 Å². The molecular formula is C35H38N4O5Si. The third-order valence-corrected chi connectivity index (χ3v) is 13.5. The highest BCUT2D eigenvalue weighted by Gasteiger charge is 2.52. The maximum atomic E-state index is 13.1. The monoisotopic (exact) mass is 622 g/mol. The number of carbonyl (C=O) groups is 1. The molecule has 1 N–H and O–H groups in total. The van der Waals surface area contributed by atoms with E-state index in [1.807, 2.05) is 36.4 Å². The van der Waals surface area contributed by atoms with Gasteiger partial charge < -0.3 is 18.9 Å². The number of aromatic nitrogens is 4. The van der Waals surface area contributed by atoms with Crippen LogP contribution >= 0.6 is 0 Å². The number of methoxy groups -OCH3 is 1. The number of fused-ring (bicyclic) bond motifs is 1. The number of nitrogens with one attached hydrogen (secondary N) is 1. The minimum absolute atomic E-state index is 0.0126. The van der Waals surface area contributed by atoms with Gasteiger partial charge in [-0.3, -0.25) is 4.57 Å². The molecule has 3 heterocycles. The summed E-state index contributed by atoms with van der Waals surface area (Å²) in [5.41, 5.74) is 0.969. The zero-order valence-corrected chi connectivity index (χ0v) is 27.1. The van der Waals surface area contributed by atoms with Gasteiger partial charge in [-0.1, -0.05) is 93.6 Å².